The van der Waals surface area contributed by atoms with E-state index in [1.165, 1.54) is 6.20 Å². The van der Waals surface area contributed by atoms with E-state index in [0.29, 0.717) is 5.56 Å². The Morgan fingerprint density at radius 1 is 1.29 bits per heavy atom. The number of halogens is 1. The van der Waals surface area contributed by atoms with Crippen molar-refractivity contribution in [3.8, 4) is 5.75 Å². The lowest BCUT2D eigenvalue weighted by atomic mass is 10.0. The highest BCUT2D eigenvalue weighted by Crippen LogP contribution is 2.15. The standard InChI is InChI=1S/C13H10BrNO2/c14-11-6-10(7-15-8-11)13(17)5-9-2-1-3-12(16)4-9/h1-4,6-8,16H,5H2. The van der Waals surface area contributed by atoms with E-state index >= 15 is 0 Å². The molecule has 2 rings (SSSR count). The molecule has 0 atom stereocenters. The van der Waals surface area contributed by atoms with E-state index in [9.17, 15) is 9.90 Å². The van der Waals surface area contributed by atoms with Crippen molar-refractivity contribution in [3.05, 3.63) is 58.3 Å². The molecule has 2 aromatic rings. The van der Waals surface area contributed by atoms with Crippen LogP contribution in [0.25, 0.3) is 0 Å². The van der Waals surface area contributed by atoms with Crippen molar-refractivity contribution in [1.29, 1.82) is 0 Å². The Labute approximate surface area is 107 Å². The van der Waals surface area contributed by atoms with Crippen LogP contribution < -0.4 is 0 Å². The number of phenolic OH excluding ortho intramolecular Hbond substituents is 1. The minimum absolute atomic E-state index is 0.0237. The molecule has 1 heterocycles. The lowest BCUT2D eigenvalue weighted by Gasteiger charge is -2.02. The van der Waals surface area contributed by atoms with Gasteiger partial charge in [-0.3, -0.25) is 9.78 Å². The Morgan fingerprint density at radius 2 is 2.12 bits per heavy atom. The minimum Gasteiger partial charge on any atom is -0.508 e. The number of hydrogen-bond donors (Lipinski definition) is 1. The monoisotopic (exact) mass is 291 g/mol. The largest absolute Gasteiger partial charge is 0.508 e. The van der Waals surface area contributed by atoms with Gasteiger partial charge in [0.15, 0.2) is 5.78 Å². The lowest BCUT2D eigenvalue weighted by Crippen LogP contribution is -2.03. The maximum Gasteiger partial charge on any atom is 0.168 e. The fourth-order valence-corrected chi connectivity index (χ4v) is 1.88. The maximum absolute atomic E-state index is 11.9. The maximum atomic E-state index is 11.9. The van der Waals surface area contributed by atoms with Crippen LogP contribution in [0.4, 0.5) is 0 Å². The summed E-state index contributed by atoms with van der Waals surface area (Å²) < 4.78 is 0.777. The second kappa shape index (κ2) is 5.10. The van der Waals surface area contributed by atoms with Crippen molar-refractivity contribution >= 4 is 21.7 Å². The Hall–Kier alpha value is -1.68. The van der Waals surface area contributed by atoms with Gasteiger partial charge in [0.2, 0.25) is 0 Å². The van der Waals surface area contributed by atoms with Gasteiger partial charge < -0.3 is 5.11 Å². The lowest BCUT2D eigenvalue weighted by molar-refractivity contribution is 0.0992. The summed E-state index contributed by atoms with van der Waals surface area (Å²) in [4.78, 5) is 15.9. The SMILES string of the molecule is O=C(Cc1cccc(O)c1)c1cncc(Br)c1. The third kappa shape index (κ3) is 3.14. The fraction of sp³-hybridized carbons (Fsp3) is 0.0769. The van der Waals surface area contributed by atoms with E-state index in [0.717, 1.165) is 10.0 Å². The zero-order chi connectivity index (χ0) is 12.3. The first-order chi connectivity index (χ1) is 8.15. The normalized spacial score (nSPS) is 10.2. The van der Waals surface area contributed by atoms with Crippen LogP contribution in [0.3, 0.4) is 0 Å². The van der Waals surface area contributed by atoms with E-state index in [-0.39, 0.29) is 18.0 Å². The highest BCUT2D eigenvalue weighted by atomic mass is 79.9. The van der Waals surface area contributed by atoms with Crippen molar-refractivity contribution in [2.75, 3.05) is 0 Å². The summed E-state index contributed by atoms with van der Waals surface area (Å²) in [6.07, 6.45) is 3.42. The number of hydrogen-bond acceptors (Lipinski definition) is 3. The highest BCUT2D eigenvalue weighted by Gasteiger charge is 2.08. The molecule has 3 nitrogen and oxygen atoms in total. The Morgan fingerprint density at radius 3 is 2.82 bits per heavy atom. The van der Waals surface area contributed by atoms with Crippen LogP contribution in [0, 0.1) is 0 Å². The number of aromatic nitrogens is 1. The van der Waals surface area contributed by atoms with Gasteiger partial charge in [0.05, 0.1) is 0 Å². The molecule has 0 bridgehead atoms. The van der Waals surface area contributed by atoms with Crippen LogP contribution in [0.15, 0.2) is 47.2 Å². The van der Waals surface area contributed by atoms with Crippen LogP contribution >= 0.6 is 15.9 Å². The zero-order valence-electron chi connectivity index (χ0n) is 8.93. The smallest absolute Gasteiger partial charge is 0.168 e. The first kappa shape index (κ1) is 11.8. The number of phenols is 1. The summed E-state index contributed by atoms with van der Waals surface area (Å²) in [6.45, 7) is 0. The number of carbonyl (C=O) groups is 1. The molecule has 0 saturated carbocycles. The van der Waals surface area contributed by atoms with Gasteiger partial charge in [0, 0.05) is 28.9 Å². The molecule has 0 saturated heterocycles. The average Bonchev–Trinajstić information content (AvgIpc) is 2.29. The van der Waals surface area contributed by atoms with Gasteiger partial charge >= 0.3 is 0 Å². The van der Waals surface area contributed by atoms with E-state index < -0.39 is 0 Å². The first-order valence-electron chi connectivity index (χ1n) is 5.07. The van der Waals surface area contributed by atoms with Gasteiger partial charge in [-0.25, -0.2) is 0 Å². The second-order valence-corrected chi connectivity index (χ2v) is 4.58. The van der Waals surface area contributed by atoms with Crippen molar-refractivity contribution in [1.82, 2.24) is 4.98 Å². The molecule has 1 aromatic carbocycles. The summed E-state index contributed by atoms with van der Waals surface area (Å²) in [5.74, 6) is 0.145. The van der Waals surface area contributed by atoms with Crippen molar-refractivity contribution in [3.63, 3.8) is 0 Å². The molecular weight excluding hydrogens is 282 g/mol. The molecule has 86 valence electrons. The van der Waals surface area contributed by atoms with Gasteiger partial charge in [0.25, 0.3) is 0 Å². The average molecular weight is 292 g/mol. The number of benzene rings is 1. The van der Waals surface area contributed by atoms with Crippen molar-refractivity contribution in [2.24, 2.45) is 0 Å². The number of Topliss-reactive ketones (excluding diaryl/α,β-unsaturated/α-hetero) is 1. The molecule has 0 aliphatic heterocycles. The first-order valence-corrected chi connectivity index (χ1v) is 5.86. The fourth-order valence-electron chi connectivity index (χ4n) is 1.52. The molecule has 0 unspecified atom stereocenters. The van der Waals surface area contributed by atoms with E-state index in [4.69, 9.17) is 0 Å². The number of carbonyl (C=O) groups excluding carboxylic acids is 1. The number of nitrogens with zero attached hydrogens (tertiary/aromatic N) is 1. The molecule has 4 heteroatoms. The second-order valence-electron chi connectivity index (χ2n) is 3.66. The van der Waals surface area contributed by atoms with Crippen LogP contribution in [0.5, 0.6) is 5.75 Å². The van der Waals surface area contributed by atoms with E-state index in [1.54, 1.807) is 30.5 Å². The summed E-state index contributed by atoms with van der Waals surface area (Å²) in [6, 6.07) is 8.43. The summed E-state index contributed by atoms with van der Waals surface area (Å²) in [7, 11) is 0. The summed E-state index contributed by atoms with van der Waals surface area (Å²) >= 11 is 3.27. The molecule has 0 aliphatic carbocycles. The zero-order valence-corrected chi connectivity index (χ0v) is 10.5. The quantitative estimate of drug-likeness (QED) is 0.885. The third-order valence-corrected chi connectivity index (χ3v) is 2.74. The molecule has 0 spiro atoms. The molecule has 1 N–H and O–H groups in total. The van der Waals surface area contributed by atoms with Gasteiger partial charge in [-0.1, -0.05) is 12.1 Å². The van der Waals surface area contributed by atoms with E-state index in [1.807, 2.05) is 6.07 Å². The molecule has 0 radical (unpaired) electrons. The van der Waals surface area contributed by atoms with E-state index in [2.05, 4.69) is 20.9 Å². The predicted octanol–water partition coefficient (Wildman–Crippen LogP) is 2.98. The van der Waals surface area contributed by atoms with Crippen LogP contribution in [0.1, 0.15) is 15.9 Å². The van der Waals surface area contributed by atoms with Crippen LogP contribution in [-0.2, 0) is 6.42 Å². The van der Waals surface area contributed by atoms with Gasteiger partial charge in [0.1, 0.15) is 5.75 Å². The summed E-state index contributed by atoms with van der Waals surface area (Å²) in [5.41, 5.74) is 1.35. The van der Waals surface area contributed by atoms with Crippen LogP contribution in [0.2, 0.25) is 0 Å². The molecule has 1 aromatic heterocycles. The summed E-state index contributed by atoms with van der Waals surface area (Å²) in [5, 5.41) is 9.31. The Balaban J connectivity index is 2.17. The number of rotatable bonds is 3. The molecule has 17 heavy (non-hydrogen) atoms. The molecule has 0 aliphatic rings. The molecule has 0 amide bonds. The van der Waals surface area contributed by atoms with Gasteiger partial charge in [-0.05, 0) is 39.7 Å². The minimum atomic E-state index is -0.0237. The van der Waals surface area contributed by atoms with Crippen molar-refractivity contribution in [2.45, 2.75) is 6.42 Å². The predicted molar refractivity (Wildman–Crippen MR) is 68.1 cm³/mol. The Kier molecular flexibility index (Phi) is 3.54. The Bertz CT molecular complexity index is 555. The third-order valence-electron chi connectivity index (χ3n) is 2.30. The van der Waals surface area contributed by atoms with Gasteiger partial charge in [-0.2, -0.15) is 0 Å². The van der Waals surface area contributed by atoms with Crippen LogP contribution in [-0.4, -0.2) is 15.9 Å². The number of pyridine rings is 1. The molecular formula is C13H10BrNO2. The van der Waals surface area contributed by atoms with Gasteiger partial charge in [-0.15, -0.1) is 0 Å². The number of ketones is 1. The highest BCUT2D eigenvalue weighted by molar-refractivity contribution is 9.10. The topological polar surface area (TPSA) is 50.2 Å². The van der Waals surface area contributed by atoms with Crippen molar-refractivity contribution < 1.29 is 9.90 Å². The molecule has 0 fully saturated rings. The number of aromatic hydroxyl groups is 1.